The Kier molecular flexibility index (Phi) is 13.0. The highest BCUT2D eigenvalue weighted by Crippen LogP contribution is 2.22. The van der Waals surface area contributed by atoms with Gasteiger partial charge in [0.1, 0.15) is 24.2 Å². The number of nitrogens with zero attached hydrogens (tertiary/aromatic N) is 8. The molecule has 0 saturated carbocycles. The first-order valence-electron chi connectivity index (χ1n) is 17.1. The van der Waals surface area contributed by atoms with E-state index in [2.05, 4.69) is 46.5 Å². The molecule has 0 unspecified atom stereocenters. The van der Waals surface area contributed by atoms with Gasteiger partial charge in [0, 0.05) is 40.4 Å². The summed E-state index contributed by atoms with van der Waals surface area (Å²) in [6.07, 6.45) is 6.69. The van der Waals surface area contributed by atoms with Crippen molar-refractivity contribution in [2.24, 2.45) is 0 Å². The number of rotatable bonds is 8. The Morgan fingerprint density at radius 3 is 1.61 bits per heavy atom. The fourth-order valence-corrected chi connectivity index (χ4v) is 5.46. The second kappa shape index (κ2) is 18.6. The van der Waals surface area contributed by atoms with Crippen LogP contribution in [0.15, 0.2) is 148 Å². The minimum Gasteiger partial charge on any atom is -0.423 e. The molecule has 0 aliphatic rings. The first kappa shape index (κ1) is 39.1. The van der Waals surface area contributed by atoms with Crippen LogP contribution >= 0.6 is 15.9 Å². The van der Waals surface area contributed by atoms with Crippen molar-refractivity contribution >= 4 is 50.3 Å². The molecule has 0 aliphatic heterocycles. The molecule has 0 spiro atoms. The van der Waals surface area contributed by atoms with Gasteiger partial charge in [0.05, 0.1) is 10.8 Å². The Balaban J connectivity index is 0.000000156. The molecule has 16 heteroatoms. The van der Waals surface area contributed by atoms with Crippen molar-refractivity contribution in [2.75, 3.05) is 0 Å². The predicted octanol–water partition coefficient (Wildman–Crippen LogP) is 4.04. The molecule has 4 aromatic heterocycles. The molecule has 280 valence electrons. The first-order valence-corrected chi connectivity index (χ1v) is 17.9. The quantitative estimate of drug-likeness (QED) is 0.211. The van der Waals surface area contributed by atoms with Crippen molar-refractivity contribution < 1.29 is 19.7 Å². The van der Waals surface area contributed by atoms with Crippen LogP contribution in [0.4, 0.5) is 0 Å². The van der Waals surface area contributed by atoms with Crippen LogP contribution in [0.1, 0.15) is 22.3 Å². The van der Waals surface area contributed by atoms with E-state index in [-0.39, 0.29) is 24.3 Å². The molecule has 0 saturated heterocycles. The summed E-state index contributed by atoms with van der Waals surface area (Å²) in [6, 6.07) is 33.3. The zero-order valence-electron chi connectivity index (χ0n) is 30.2. The van der Waals surface area contributed by atoms with E-state index in [1.807, 2.05) is 74.5 Å². The molecular weight excluding hydrogens is 779 g/mol. The number of hydrogen-bond donors (Lipinski definition) is 2. The summed E-state index contributed by atoms with van der Waals surface area (Å²) < 4.78 is 0.800. The highest BCUT2D eigenvalue weighted by atomic mass is 79.9. The van der Waals surface area contributed by atoms with Crippen LogP contribution in [0.2, 0.25) is 0 Å². The predicted molar refractivity (Wildman–Crippen MR) is 216 cm³/mol. The number of hydrogen-bond acceptors (Lipinski definition) is 12. The van der Waals surface area contributed by atoms with Gasteiger partial charge in [0.15, 0.2) is 0 Å². The minimum atomic E-state index is -1.35. The van der Waals surface area contributed by atoms with Crippen LogP contribution in [0.3, 0.4) is 0 Å². The first-order chi connectivity index (χ1) is 27.1. The van der Waals surface area contributed by atoms with Gasteiger partial charge >= 0.3 is 18.2 Å². The van der Waals surface area contributed by atoms with E-state index in [1.165, 1.54) is 5.56 Å². The Morgan fingerprint density at radius 2 is 1.11 bits per heavy atom. The van der Waals surface area contributed by atoms with Gasteiger partial charge in [-0.2, -0.15) is 0 Å². The van der Waals surface area contributed by atoms with Crippen molar-refractivity contribution in [3.8, 4) is 11.1 Å². The van der Waals surface area contributed by atoms with Crippen molar-refractivity contribution in [3.63, 3.8) is 0 Å². The summed E-state index contributed by atoms with van der Waals surface area (Å²) in [4.78, 5) is 45.5. The van der Waals surface area contributed by atoms with Gasteiger partial charge in [-0.25, -0.2) is 0 Å². The molecule has 0 atom stereocenters. The Hall–Kier alpha value is -6.62. The third-order valence-corrected chi connectivity index (χ3v) is 8.64. The Morgan fingerprint density at radius 1 is 0.625 bits per heavy atom. The molecule has 8 rings (SSSR count). The number of benzene rings is 4. The van der Waals surface area contributed by atoms with Gasteiger partial charge < -0.3 is 19.7 Å². The fourth-order valence-electron chi connectivity index (χ4n) is 5.10. The van der Waals surface area contributed by atoms with E-state index >= 15 is 0 Å². The lowest BCUT2D eigenvalue weighted by atomic mass is 9.80. The standard InChI is InChI=1S/C20H16N4O2.C13H9BrN4O2.C7H9BO2/c1-14-4-6-16(7-5-14)17-8-9-19-18(11-17)20(25)24(23-22-19)26-13-15-3-2-10-21-12-15;14-10-3-4-12-11(6-10)13(19)18(17-16-12)20-8-9-2-1-5-15-7-9;1-6-2-4-7(5-3-6)8(9)10/h2-12H,13H2,1H3;1-7H,8H2;2-5,9-10H,1H3. The van der Waals surface area contributed by atoms with Crippen molar-refractivity contribution in [3.05, 3.63) is 181 Å². The molecular formula is C40H34BBrN8O6. The third kappa shape index (κ3) is 10.3. The number of halogens is 1. The summed E-state index contributed by atoms with van der Waals surface area (Å²) >= 11 is 3.32. The fraction of sp³-hybridized carbons (Fsp3) is 0.100. The normalized spacial score (nSPS) is 10.5. The summed E-state index contributed by atoms with van der Waals surface area (Å²) in [7, 11) is -1.35. The van der Waals surface area contributed by atoms with E-state index in [0.717, 1.165) is 42.0 Å². The highest BCUT2D eigenvalue weighted by Gasteiger charge is 2.11. The van der Waals surface area contributed by atoms with Crippen LogP contribution in [0.25, 0.3) is 32.9 Å². The van der Waals surface area contributed by atoms with Gasteiger partial charge in [-0.15, -0.1) is 10.2 Å². The minimum absolute atomic E-state index is 0.186. The van der Waals surface area contributed by atoms with Crippen LogP contribution < -0.4 is 26.3 Å². The van der Waals surface area contributed by atoms with Crippen molar-refractivity contribution in [2.45, 2.75) is 27.1 Å². The molecule has 0 fully saturated rings. The summed E-state index contributed by atoms with van der Waals surface area (Å²) in [5.41, 5.74) is 6.88. The van der Waals surface area contributed by atoms with Gasteiger partial charge in [0.2, 0.25) is 0 Å². The average Bonchev–Trinajstić information content (AvgIpc) is 3.22. The number of aromatic nitrogens is 8. The van der Waals surface area contributed by atoms with Crippen LogP contribution in [0.5, 0.6) is 0 Å². The van der Waals surface area contributed by atoms with E-state index in [0.29, 0.717) is 27.3 Å². The molecule has 56 heavy (non-hydrogen) atoms. The number of pyridine rings is 2. The zero-order valence-corrected chi connectivity index (χ0v) is 31.8. The van der Waals surface area contributed by atoms with E-state index in [1.54, 1.807) is 73.3 Å². The SMILES string of the molecule is Cc1ccc(-c2ccc3nnn(OCc4cccnc4)c(=O)c3c2)cc1.Cc1ccc(B(O)O)cc1.O=c1c2cc(Br)ccc2nnn1OCc1cccnc1. The van der Waals surface area contributed by atoms with Gasteiger partial charge in [-0.3, -0.25) is 19.6 Å². The molecule has 0 bridgehead atoms. The number of fused-ring (bicyclic) bond motifs is 2. The van der Waals surface area contributed by atoms with Crippen LogP contribution in [-0.4, -0.2) is 57.4 Å². The van der Waals surface area contributed by atoms with Crippen LogP contribution in [-0.2, 0) is 13.2 Å². The highest BCUT2D eigenvalue weighted by molar-refractivity contribution is 9.10. The summed E-state index contributed by atoms with van der Waals surface area (Å²) in [5, 5.41) is 33.9. The van der Waals surface area contributed by atoms with Gasteiger partial charge in [0.25, 0.3) is 0 Å². The molecule has 0 aliphatic carbocycles. The topological polar surface area (TPSA) is 180 Å². The van der Waals surface area contributed by atoms with Gasteiger partial charge in [-0.05, 0) is 93.0 Å². The lowest BCUT2D eigenvalue weighted by Crippen LogP contribution is -2.30. The second-order valence-corrected chi connectivity index (χ2v) is 13.3. The maximum absolute atomic E-state index is 12.7. The molecule has 14 nitrogen and oxygen atoms in total. The maximum atomic E-state index is 12.7. The lowest BCUT2D eigenvalue weighted by Gasteiger charge is -2.08. The van der Waals surface area contributed by atoms with Gasteiger partial charge in [-0.1, -0.05) is 93.8 Å². The second-order valence-electron chi connectivity index (χ2n) is 12.3. The Bertz CT molecular complexity index is 2650. The average molecular weight is 813 g/mol. The summed E-state index contributed by atoms with van der Waals surface area (Å²) in [6.45, 7) is 4.37. The zero-order chi connectivity index (χ0) is 39.4. The molecule has 0 amide bonds. The van der Waals surface area contributed by atoms with E-state index in [4.69, 9.17) is 19.7 Å². The smallest absolute Gasteiger partial charge is 0.423 e. The van der Waals surface area contributed by atoms with Crippen molar-refractivity contribution in [1.82, 2.24) is 40.3 Å². The van der Waals surface area contributed by atoms with E-state index < -0.39 is 7.12 Å². The number of aryl methyl sites for hydroxylation is 2. The third-order valence-electron chi connectivity index (χ3n) is 8.14. The van der Waals surface area contributed by atoms with Crippen LogP contribution in [0, 0.1) is 13.8 Å². The molecule has 0 radical (unpaired) electrons. The molecule has 2 N–H and O–H groups in total. The largest absolute Gasteiger partial charge is 0.488 e. The Labute approximate surface area is 328 Å². The monoisotopic (exact) mass is 812 g/mol. The maximum Gasteiger partial charge on any atom is 0.488 e. The molecule has 4 heterocycles. The lowest BCUT2D eigenvalue weighted by molar-refractivity contribution is 0.0548. The molecule has 8 aromatic rings. The molecule has 4 aromatic carbocycles. The van der Waals surface area contributed by atoms with E-state index in [9.17, 15) is 9.59 Å². The van der Waals surface area contributed by atoms with Crippen molar-refractivity contribution in [1.29, 1.82) is 0 Å². The summed E-state index contributed by atoms with van der Waals surface area (Å²) in [5.74, 6) is 0.